The highest BCUT2D eigenvalue weighted by molar-refractivity contribution is 6.02. The normalized spacial score (nSPS) is 11.9. The van der Waals surface area contributed by atoms with Crippen molar-refractivity contribution in [3.05, 3.63) is 91.9 Å². The first kappa shape index (κ1) is 27.8. The molecule has 0 saturated carbocycles. The van der Waals surface area contributed by atoms with E-state index >= 15 is 0 Å². The molecule has 8 nitrogen and oxygen atoms in total. The summed E-state index contributed by atoms with van der Waals surface area (Å²) in [5.74, 6) is 0.523. The molecule has 0 aromatic heterocycles. The number of halogens is 3. The van der Waals surface area contributed by atoms with Gasteiger partial charge in [-0.3, -0.25) is 0 Å². The number of nitrogens with two attached hydrogens (primary N) is 1. The maximum absolute atomic E-state index is 12.5. The molecule has 0 saturated heterocycles. The zero-order valence-electron chi connectivity index (χ0n) is 19.6. The average Bonchev–Trinajstić information content (AvgIpc) is 2.84. The Morgan fingerprint density at radius 3 is 2.28 bits per heavy atom. The Balaban J connectivity index is 2.14. The summed E-state index contributed by atoms with van der Waals surface area (Å²) in [6.07, 6.45) is -1.31. The van der Waals surface area contributed by atoms with Gasteiger partial charge in [0.15, 0.2) is 12.6 Å². The highest BCUT2D eigenvalue weighted by atomic mass is 19.4. The molecule has 0 aliphatic carbocycles. The van der Waals surface area contributed by atoms with E-state index < -0.39 is 18.7 Å². The van der Waals surface area contributed by atoms with Crippen LogP contribution >= 0.6 is 0 Å². The molecule has 4 N–H and O–H groups in total. The number of nitrogens with zero attached hydrogens (tertiary/aromatic N) is 2. The van der Waals surface area contributed by atoms with Crippen molar-refractivity contribution in [2.45, 2.75) is 12.7 Å². The molecular formula is C25H28F3N5O3. The molecule has 0 heterocycles. The molecule has 11 heteroatoms. The second-order valence-corrected chi connectivity index (χ2v) is 7.08. The van der Waals surface area contributed by atoms with Gasteiger partial charge >= 0.3 is 6.18 Å². The van der Waals surface area contributed by atoms with Gasteiger partial charge in [0.2, 0.25) is 11.8 Å². The van der Waals surface area contributed by atoms with E-state index in [4.69, 9.17) is 15.2 Å². The minimum atomic E-state index is -4.54. The number of guanidine groups is 2. The summed E-state index contributed by atoms with van der Waals surface area (Å²) in [6, 6.07) is 14.0. The van der Waals surface area contributed by atoms with Crippen molar-refractivity contribution >= 4 is 17.6 Å². The Labute approximate surface area is 207 Å². The second-order valence-electron chi connectivity index (χ2n) is 7.08. The van der Waals surface area contributed by atoms with Crippen LogP contribution in [0.1, 0.15) is 5.56 Å². The lowest BCUT2D eigenvalue weighted by Crippen LogP contribution is -2.33. The zero-order chi connectivity index (χ0) is 26.4. The third kappa shape index (κ3) is 11.1. The topological polar surface area (TPSA) is 102 Å². The van der Waals surface area contributed by atoms with E-state index in [0.717, 1.165) is 5.56 Å². The molecule has 0 aliphatic heterocycles. The Hall–Kier alpha value is -4.41. The number of alkyl halides is 3. The smallest absolute Gasteiger partial charge is 0.422 e. The molecule has 0 bridgehead atoms. The van der Waals surface area contributed by atoms with Gasteiger partial charge in [0.05, 0.1) is 0 Å². The van der Waals surface area contributed by atoms with Gasteiger partial charge in [0.1, 0.15) is 24.7 Å². The Kier molecular flexibility index (Phi) is 10.9. The first-order valence-corrected chi connectivity index (χ1v) is 10.7. The maximum atomic E-state index is 12.5. The van der Waals surface area contributed by atoms with E-state index in [9.17, 15) is 13.2 Å². The third-order valence-electron chi connectivity index (χ3n) is 4.08. The number of ether oxygens (including phenoxy) is 3. The number of benzene rings is 2. The summed E-state index contributed by atoms with van der Waals surface area (Å²) < 4.78 is 52.9. The van der Waals surface area contributed by atoms with Gasteiger partial charge in [0.25, 0.3) is 0 Å². The Morgan fingerprint density at radius 1 is 0.972 bits per heavy atom. The summed E-state index contributed by atoms with van der Waals surface area (Å²) >= 11 is 0. The van der Waals surface area contributed by atoms with Gasteiger partial charge in [-0.1, -0.05) is 43.5 Å². The standard InChI is InChI=1S/C25H28F3N5O3/c1-4-13-34-21-11-9-19(10-12-21)16-30-23(29)33-24(31-18(3)36-17-25(26,27)28)32-20-7-6-8-22(15-20)35-14-5-2/h4-12,15H,1-3,13-14,16-17H2,(H4,29,30,31,32,33). The lowest BCUT2D eigenvalue weighted by atomic mass is 10.2. The van der Waals surface area contributed by atoms with Crippen LogP contribution < -0.4 is 25.8 Å². The molecule has 0 atom stereocenters. The van der Waals surface area contributed by atoms with Crippen molar-refractivity contribution < 1.29 is 27.4 Å². The summed E-state index contributed by atoms with van der Waals surface area (Å²) in [4.78, 5) is 8.03. The first-order valence-electron chi connectivity index (χ1n) is 10.7. The van der Waals surface area contributed by atoms with Crippen molar-refractivity contribution in [3.8, 4) is 11.5 Å². The summed E-state index contributed by atoms with van der Waals surface area (Å²) in [5.41, 5.74) is 7.36. The minimum absolute atomic E-state index is 0.0454. The molecule has 0 radical (unpaired) electrons. The fourth-order valence-corrected chi connectivity index (χ4v) is 2.55. The van der Waals surface area contributed by atoms with E-state index in [2.05, 4.69) is 45.1 Å². The fourth-order valence-electron chi connectivity index (χ4n) is 2.55. The quantitative estimate of drug-likeness (QED) is 0.167. The number of rotatable bonds is 12. The van der Waals surface area contributed by atoms with Gasteiger partial charge < -0.3 is 30.6 Å². The molecular weight excluding hydrogens is 475 g/mol. The lowest BCUT2D eigenvalue weighted by Gasteiger charge is -2.12. The SMILES string of the molecule is C=CCOc1ccc(CN/C(N)=N/C(=N\C(=C)OCC(F)(F)F)Nc2cccc(OCC=C)c2)cc1. The number of anilines is 1. The second kappa shape index (κ2) is 14.1. The Morgan fingerprint density at radius 2 is 1.64 bits per heavy atom. The van der Waals surface area contributed by atoms with Crippen molar-refractivity contribution in [3.63, 3.8) is 0 Å². The van der Waals surface area contributed by atoms with Crippen LogP contribution in [0.15, 0.2) is 96.3 Å². The van der Waals surface area contributed by atoms with Crippen LogP contribution in [0.4, 0.5) is 18.9 Å². The van der Waals surface area contributed by atoms with E-state index in [1.807, 2.05) is 12.1 Å². The predicted octanol–water partition coefficient (Wildman–Crippen LogP) is 4.74. The molecule has 36 heavy (non-hydrogen) atoms. The molecule has 2 aromatic carbocycles. The highest BCUT2D eigenvalue weighted by Gasteiger charge is 2.28. The summed E-state index contributed by atoms with van der Waals surface area (Å²) in [5, 5.41) is 5.78. The minimum Gasteiger partial charge on any atom is -0.490 e. The van der Waals surface area contributed by atoms with E-state index in [0.29, 0.717) is 36.9 Å². The van der Waals surface area contributed by atoms with Gasteiger partial charge in [-0.15, -0.1) is 0 Å². The van der Waals surface area contributed by atoms with Crippen LogP contribution in [0.3, 0.4) is 0 Å². The highest BCUT2D eigenvalue weighted by Crippen LogP contribution is 2.19. The molecule has 0 amide bonds. The van der Waals surface area contributed by atoms with Gasteiger partial charge in [0, 0.05) is 18.3 Å². The Bertz CT molecular complexity index is 1080. The monoisotopic (exact) mass is 503 g/mol. The zero-order valence-corrected chi connectivity index (χ0v) is 19.6. The van der Waals surface area contributed by atoms with E-state index in [1.165, 1.54) is 0 Å². The number of hydrogen-bond acceptors (Lipinski definition) is 4. The summed E-state index contributed by atoms with van der Waals surface area (Å²) in [6.45, 7) is 10.0. The van der Waals surface area contributed by atoms with Crippen molar-refractivity contribution in [2.24, 2.45) is 15.7 Å². The van der Waals surface area contributed by atoms with Crippen LogP contribution in [-0.2, 0) is 11.3 Å². The van der Waals surface area contributed by atoms with Crippen molar-refractivity contribution in [2.75, 3.05) is 25.1 Å². The van der Waals surface area contributed by atoms with Crippen LogP contribution in [0.2, 0.25) is 0 Å². The van der Waals surface area contributed by atoms with Crippen LogP contribution in [-0.4, -0.2) is 37.9 Å². The lowest BCUT2D eigenvalue weighted by molar-refractivity contribution is -0.164. The van der Waals surface area contributed by atoms with E-state index in [-0.39, 0.29) is 11.9 Å². The summed E-state index contributed by atoms with van der Waals surface area (Å²) in [7, 11) is 0. The van der Waals surface area contributed by atoms with Crippen LogP contribution in [0, 0.1) is 0 Å². The molecule has 0 unspecified atom stereocenters. The number of nitrogens with one attached hydrogen (secondary N) is 2. The molecule has 0 fully saturated rings. The number of aliphatic imine (C=N–C) groups is 2. The molecule has 2 rings (SSSR count). The van der Waals surface area contributed by atoms with Gasteiger partial charge in [-0.25, -0.2) is 0 Å². The first-order chi connectivity index (χ1) is 17.2. The van der Waals surface area contributed by atoms with Crippen LogP contribution in [0.25, 0.3) is 0 Å². The molecule has 0 spiro atoms. The molecule has 192 valence electrons. The van der Waals surface area contributed by atoms with Crippen LogP contribution in [0.5, 0.6) is 11.5 Å². The van der Waals surface area contributed by atoms with Gasteiger partial charge in [-0.2, -0.15) is 23.2 Å². The fraction of sp³-hybridized carbons (Fsp3) is 0.200. The number of hydrogen-bond donors (Lipinski definition) is 3. The predicted molar refractivity (Wildman–Crippen MR) is 135 cm³/mol. The molecule has 2 aromatic rings. The van der Waals surface area contributed by atoms with Crippen molar-refractivity contribution in [1.82, 2.24) is 5.32 Å². The molecule has 0 aliphatic rings. The largest absolute Gasteiger partial charge is 0.490 e. The average molecular weight is 504 g/mol. The third-order valence-corrected chi connectivity index (χ3v) is 4.08. The maximum Gasteiger partial charge on any atom is 0.422 e. The van der Waals surface area contributed by atoms with Gasteiger partial charge in [-0.05, 0) is 36.4 Å². The van der Waals surface area contributed by atoms with E-state index in [1.54, 1.807) is 48.6 Å². The van der Waals surface area contributed by atoms with Crippen molar-refractivity contribution in [1.29, 1.82) is 0 Å².